The molecular weight excluding hydrogens is 326 g/mol. The molecule has 144 valence electrons. The molecule has 0 spiro atoms. The standard InChI is InChI=1S/C20H33N5O/c26-20(24-12-8-17(9-13-24)19-7-10-22-23-19)21-14-16-4-3-11-25(15-16)18-5-1-2-6-18/h7,10,16-18H,1-6,8-9,11-15H2,(H,21,26)(H,22,23). The number of H-pyrrole nitrogens is 1. The monoisotopic (exact) mass is 359 g/mol. The van der Waals surface area contributed by atoms with Crippen molar-refractivity contribution in [1.29, 1.82) is 0 Å². The second-order valence-electron chi connectivity index (χ2n) is 8.40. The van der Waals surface area contributed by atoms with Crippen molar-refractivity contribution in [3.8, 4) is 0 Å². The van der Waals surface area contributed by atoms with Crippen LogP contribution in [0, 0.1) is 5.92 Å². The molecule has 3 aliphatic rings. The van der Waals surface area contributed by atoms with Gasteiger partial charge in [0.25, 0.3) is 0 Å². The van der Waals surface area contributed by atoms with Crippen LogP contribution < -0.4 is 5.32 Å². The first-order valence-electron chi connectivity index (χ1n) is 10.6. The predicted octanol–water partition coefficient (Wildman–Crippen LogP) is 2.95. The number of amides is 2. The number of urea groups is 1. The molecule has 26 heavy (non-hydrogen) atoms. The molecule has 2 amide bonds. The maximum Gasteiger partial charge on any atom is 0.317 e. The molecule has 1 aromatic heterocycles. The number of piperidine rings is 2. The van der Waals surface area contributed by atoms with Crippen LogP contribution in [-0.2, 0) is 0 Å². The van der Waals surface area contributed by atoms with Gasteiger partial charge in [0.15, 0.2) is 0 Å². The van der Waals surface area contributed by atoms with Crippen LogP contribution in [0.1, 0.15) is 63.0 Å². The minimum atomic E-state index is 0.131. The fourth-order valence-electron chi connectivity index (χ4n) is 5.10. The van der Waals surface area contributed by atoms with E-state index >= 15 is 0 Å². The average Bonchev–Trinajstić information content (AvgIpc) is 3.40. The quantitative estimate of drug-likeness (QED) is 0.869. The number of rotatable bonds is 4. The predicted molar refractivity (Wildman–Crippen MR) is 102 cm³/mol. The molecule has 4 rings (SSSR count). The van der Waals surface area contributed by atoms with Crippen LogP contribution in [0.2, 0.25) is 0 Å². The van der Waals surface area contributed by atoms with Gasteiger partial charge in [-0.25, -0.2) is 4.79 Å². The molecule has 1 atom stereocenters. The molecule has 2 aliphatic heterocycles. The molecule has 3 fully saturated rings. The number of carbonyl (C=O) groups excluding carboxylic acids is 1. The lowest BCUT2D eigenvalue weighted by Gasteiger charge is -2.37. The largest absolute Gasteiger partial charge is 0.338 e. The summed E-state index contributed by atoms with van der Waals surface area (Å²) in [7, 11) is 0. The minimum Gasteiger partial charge on any atom is -0.338 e. The van der Waals surface area contributed by atoms with E-state index in [1.165, 1.54) is 57.3 Å². The number of aromatic nitrogens is 2. The molecule has 6 heteroatoms. The summed E-state index contributed by atoms with van der Waals surface area (Å²) >= 11 is 0. The number of aromatic amines is 1. The number of carbonyl (C=O) groups is 1. The third-order valence-electron chi connectivity index (χ3n) is 6.68. The highest BCUT2D eigenvalue weighted by atomic mass is 16.2. The molecule has 0 bridgehead atoms. The maximum absolute atomic E-state index is 12.6. The lowest BCUT2D eigenvalue weighted by molar-refractivity contribution is 0.122. The van der Waals surface area contributed by atoms with Gasteiger partial charge in [0.1, 0.15) is 0 Å². The Bertz CT molecular complexity index is 561. The highest BCUT2D eigenvalue weighted by Gasteiger charge is 2.29. The van der Waals surface area contributed by atoms with Crippen LogP contribution in [0.25, 0.3) is 0 Å². The van der Waals surface area contributed by atoms with E-state index in [4.69, 9.17) is 0 Å². The highest BCUT2D eigenvalue weighted by molar-refractivity contribution is 5.74. The lowest BCUT2D eigenvalue weighted by Crippen LogP contribution is -2.48. The first-order valence-corrected chi connectivity index (χ1v) is 10.6. The summed E-state index contributed by atoms with van der Waals surface area (Å²) in [6.07, 6.45) is 12.0. The lowest BCUT2D eigenvalue weighted by atomic mass is 9.94. The molecule has 1 aromatic rings. The van der Waals surface area contributed by atoms with Crippen molar-refractivity contribution in [2.75, 3.05) is 32.7 Å². The molecule has 3 heterocycles. The Morgan fingerprint density at radius 2 is 1.92 bits per heavy atom. The van der Waals surface area contributed by atoms with Gasteiger partial charge in [0, 0.05) is 50.0 Å². The number of nitrogens with one attached hydrogen (secondary N) is 2. The van der Waals surface area contributed by atoms with E-state index < -0.39 is 0 Å². The molecule has 1 aliphatic carbocycles. The third-order valence-corrected chi connectivity index (χ3v) is 6.68. The fourth-order valence-corrected chi connectivity index (χ4v) is 5.10. The van der Waals surface area contributed by atoms with Gasteiger partial charge in [0.05, 0.1) is 0 Å². The van der Waals surface area contributed by atoms with Crippen LogP contribution in [0.5, 0.6) is 0 Å². The van der Waals surface area contributed by atoms with Gasteiger partial charge in [-0.1, -0.05) is 12.8 Å². The molecular formula is C20H33N5O. The summed E-state index contributed by atoms with van der Waals surface area (Å²) in [4.78, 5) is 17.2. The zero-order valence-electron chi connectivity index (χ0n) is 15.8. The van der Waals surface area contributed by atoms with Crippen molar-refractivity contribution >= 4 is 6.03 Å². The summed E-state index contributed by atoms with van der Waals surface area (Å²) < 4.78 is 0. The highest BCUT2D eigenvalue weighted by Crippen LogP contribution is 2.28. The minimum absolute atomic E-state index is 0.131. The molecule has 2 N–H and O–H groups in total. The topological polar surface area (TPSA) is 64.3 Å². The molecule has 0 radical (unpaired) electrons. The average molecular weight is 360 g/mol. The Kier molecular flexibility index (Phi) is 5.78. The van der Waals surface area contributed by atoms with Crippen molar-refractivity contribution in [2.45, 2.75) is 63.3 Å². The van der Waals surface area contributed by atoms with E-state index in [1.807, 2.05) is 11.1 Å². The van der Waals surface area contributed by atoms with Gasteiger partial charge in [0.2, 0.25) is 0 Å². The van der Waals surface area contributed by atoms with Gasteiger partial charge >= 0.3 is 6.03 Å². The number of likely N-dealkylation sites (tertiary alicyclic amines) is 2. The third kappa shape index (κ3) is 4.22. The summed E-state index contributed by atoms with van der Waals surface area (Å²) in [6, 6.07) is 3.00. The van der Waals surface area contributed by atoms with E-state index in [2.05, 4.69) is 26.5 Å². The van der Waals surface area contributed by atoms with E-state index in [-0.39, 0.29) is 6.03 Å². The number of nitrogens with zero attached hydrogens (tertiary/aromatic N) is 3. The molecule has 1 unspecified atom stereocenters. The van der Waals surface area contributed by atoms with Crippen LogP contribution in [0.4, 0.5) is 4.79 Å². The smallest absolute Gasteiger partial charge is 0.317 e. The van der Waals surface area contributed by atoms with Crippen molar-refractivity contribution in [3.63, 3.8) is 0 Å². The van der Waals surface area contributed by atoms with Gasteiger partial charge in [-0.05, 0) is 57.1 Å². The summed E-state index contributed by atoms with van der Waals surface area (Å²) in [5, 5.41) is 10.3. The first-order chi connectivity index (χ1) is 12.8. The van der Waals surface area contributed by atoms with Crippen LogP contribution in [-0.4, -0.2) is 64.8 Å². The van der Waals surface area contributed by atoms with E-state index in [0.29, 0.717) is 11.8 Å². The number of hydrogen-bond acceptors (Lipinski definition) is 3. The van der Waals surface area contributed by atoms with E-state index in [1.54, 1.807) is 0 Å². The van der Waals surface area contributed by atoms with Gasteiger partial charge in [-0.2, -0.15) is 5.10 Å². The van der Waals surface area contributed by atoms with E-state index in [0.717, 1.165) is 38.5 Å². The van der Waals surface area contributed by atoms with Crippen molar-refractivity contribution in [2.24, 2.45) is 5.92 Å². The summed E-state index contributed by atoms with van der Waals surface area (Å²) in [5.74, 6) is 1.13. The Hall–Kier alpha value is -1.56. The van der Waals surface area contributed by atoms with Crippen LogP contribution >= 0.6 is 0 Å². The summed E-state index contributed by atoms with van der Waals surface area (Å²) in [5.41, 5.74) is 1.21. The normalized spacial score (nSPS) is 26.3. The van der Waals surface area contributed by atoms with Crippen molar-refractivity contribution < 1.29 is 4.79 Å². The van der Waals surface area contributed by atoms with Crippen LogP contribution in [0.3, 0.4) is 0 Å². The second kappa shape index (κ2) is 8.42. The molecule has 6 nitrogen and oxygen atoms in total. The fraction of sp³-hybridized carbons (Fsp3) is 0.800. The van der Waals surface area contributed by atoms with Gasteiger partial charge in [-0.15, -0.1) is 0 Å². The Morgan fingerprint density at radius 1 is 1.12 bits per heavy atom. The van der Waals surface area contributed by atoms with E-state index in [9.17, 15) is 4.79 Å². The van der Waals surface area contributed by atoms with Crippen molar-refractivity contribution in [1.82, 2.24) is 25.3 Å². The Morgan fingerprint density at radius 3 is 2.65 bits per heavy atom. The maximum atomic E-state index is 12.6. The summed E-state index contributed by atoms with van der Waals surface area (Å²) in [6.45, 7) is 4.95. The second-order valence-corrected chi connectivity index (χ2v) is 8.40. The van der Waals surface area contributed by atoms with Crippen molar-refractivity contribution in [3.05, 3.63) is 18.0 Å². The first kappa shape index (κ1) is 17.8. The Balaban J connectivity index is 1.19. The zero-order valence-corrected chi connectivity index (χ0v) is 15.8. The molecule has 1 saturated carbocycles. The molecule has 0 aromatic carbocycles. The Labute approximate surface area is 156 Å². The van der Waals surface area contributed by atoms with Crippen LogP contribution in [0.15, 0.2) is 12.3 Å². The SMILES string of the molecule is O=C(NCC1CCCN(C2CCCC2)C1)N1CCC(c2ccn[nH]2)CC1. The molecule has 2 saturated heterocycles. The van der Waals surface area contributed by atoms with Gasteiger partial charge in [-0.3, -0.25) is 5.10 Å². The number of hydrogen-bond donors (Lipinski definition) is 2. The zero-order chi connectivity index (χ0) is 17.8. The van der Waals surface area contributed by atoms with Gasteiger partial charge < -0.3 is 15.1 Å².